The SMILES string of the molecule is CC(C)(C)c1cc(Oc2cc(-n3c4ccccc4c4cccnc43)cc(C(C)(C)C)c2)cc(N2C=CN(c3cc(C(C)(C)C)cc(C(C)(C)C)c3)C2)c1. The molecule has 5 heteroatoms. The summed E-state index contributed by atoms with van der Waals surface area (Å²) in [6, 6.07) is 33.2. The van der Waals surface area contributed by atoms with Gasteiger partial charge in [0, 0.05) is 52.9 Å². The zero-order chi connectivity index (χ0) is 38.1. The fourth-order valence-corrected chi connectivity index (χ4v) is 7.04. The smallest absolute Gasteiger partial charge is 0.145 e. The molecule has 7 rings (SSSR count). The van der Waals surface area contributed by atoms with Crippen LogP contribution in [0.25, 0.3) is 27.6 Å². The highest BCUT2D eigenvalue weighted by atomic mass is 16.5. The highest BCUT2D eigenvalue weighted by Gasteiger charge is 2.26. The van der Waals surface area contributed by atoms with Gasteiger partial charge in [-0.15, -0.1) is 0 Å². The molecule has 5 nitrogen and oxygen atoms in total. The molecule has 0 saturated heterocycles. The zero-order valence-corrected chi connectivity index (χ0v) is 33.8. The largest absolute Gasteiger partial charge is 0.457 e. The number of rotatable bonds is 5. The fraction of sp³-hybridized carbons (Fsp3) is 0.354. The highest BCUT2D eigenvalue weighted by molar-refractivity contribution is 6.07. The second-order valence-electron chi connectivity index (χ2n) is 18.9. The van der Waals surface area contributed by atoms with Gasteiger partial charge in [-0.3, -0.25) is 4.57 Å². The Kier molecular flexibility index (Phi) is 8.79. The Balaban J connectivity index is 1.28. The Hall–Kier alpha value is -5.03. The summed E-state index contributed by atoms with van der Waals surface area (Å²) in [6.07, 6.45) is 6.28. The molecule has 4 aromatic carbocycles. The van der Waals surface area contributed by atoms with Gasteiger partial charge in [0.2, 0.25) is 0 Å². The first kappa shape index (κ1) is 36.3. The van der Waals surface area contributed by atoms with Gasteiger partial charge in [-0.1, -0.05) is 107 Å². The maximum Gasteiger partial charge on any atom is 0.145 e. The first-order valence-electron chi connectivity index (χ1n) is 19.0. The Bertz CT molecular complexity index is 2270. The highest BCUT2D eigenvalue weighted by Crippen LogP contribution is 2.40. The van der Waals surface area contributed by atoms with Crippen molar-refractivity contribution < 1.29 is 4.74 Å². The van der Waals surface area contributed by atoms with E-state index in [1.807, 2.05) is 12.3 Å². The number of pyridine rings is 1. The molecule has 1 aliphatic heterocycles. The summed E-state index contributed by atoms with van der Waals surface area (Å²) in [5, 5.41) is 2.33. The number of aromatic nitrogens is 2. The molecule has 0 spiro atoms. The van der Waals surface area contributed by atoms with Crippen molar-refractivity contribution in [1.29, 1.82) is 0 Å². The molecule has 0 N–H and O–H groups in total. The number of benzene rings is 4. The molecule has 0 radical (unpaired) electrons. The second kappa shape index (κ2) is 12.8. The van der Waals surface area contributed by atoms with Crippen LogP contribution in [-0.4, -0.2) is 16.2 Å². The van der Waals surface area contributed by atoms with Crippen LogP contribution in [0.2, 0.25) is 0 Å². The van der Waals surface area contributed by atoms with Gasteiger partial charge in [0.05, 0.1) is 17.9 Å². The number of anilines is 2. The number of ether oxygens (including phenoxy) is 1. The average molecular weight is 705 g/mol. The van der Waals surface area contributed by atoms with E-state index in [9.17, 15) is 0 Å². The van der Waals surface area contributed by atoms with Crippen LogP contribution in [0, 0.1) is 0 Å². The third-order valence-electron chi connectivity index (χ3n) is 10.5. The third kappa shape index (κ3) is 7.31. The first-order chi connectivity index (χ1) is 24.8. The zero-order valence-electron chi connectivity index (χ0n) is 33.8. The van der Waals surface area contributed by atoms with Gasteiger partial charge in [-0.2, -0.15) is 0 Å². The minimum Gasteiger partial charge on any atom is -0.457 e. The normalized spacial score (nSPS) is 14.2. The van der Waals surface area contributed by atoms with E-state index in [1.54, 1.807) is 0 Å². The molecule has 3 heterocycles. The Morgan fingerprint density at radius 3 is 1.49 bits per heavy atom. The van der Waals surface area contributed by atoms with Crippen LogP contribution in [0.3, 0.4) is 0 Å². The van der Waals surface area contributed by atoms with Gasteiger partial charge in [0.25, 0.3) is 0 Å². The number of hydrogen-bond donors (Lipinski definition) is 0. The molecule has 2 aromatic heterocycles. The van der Waals surface area contributed by atoms with Gasteiger partial charge in [0.15, 0.2) is 0 Å². The van der Waals surface area contributed by atoms with Crippen molar-refractivity contribution in [3.8, 4) is 17.2 Å². The molecule has 0 aliphatic carbocycles. The lowest BCUT2D eigenvalue weighted by atomic mass is 9.80. The van der Waals surface area contributed by atoms with Crippen LogP contribution in [-0.2, 0) is 21.7 Å². The van der Waals surface area contributed by atoms with Crippen LogP contribution in [0.15, 0.2) is 110 Å². The fourth-order valence-electron chi connectivity index (χ4n) is 7.04. The van der Waals surface area contributed by atoms with E-state index in [-0.39, 0.29) is 21.7 Å². The summed E-state index contributed by atoms with van der Waals surface area (Å²) in [6.45, 7) is 28.1. The molecule has 0 unspecified atom stereocenters. The summed E-state index contributed by atoms with van der Waals surface area (Å²) in [5.74, 6) is 1.62. The summed E-state index contributed by atoms with van der Waals surface area (Å²) < 4.78 is 9.20. The van der Waals surface area contributed by atoms with Crippen molar-refractivity contribution >= 4 is 33.3 Å². The van der Waals surface area contributed by atoms with Crippen molar-refractivity contribution in [2.45, 2.75) is 105 Å². The number of nitrogens with zero attached hydrogens (tertiary/aromatic N) is 4. The van der Waals surface area contributed by atoms with Crippen molar-refractivity contribution in [1.82, 2.24) is 9.55 Å². The van der Waals surface area contributed by atoms with E-state index < -0.39 is 0 Å². The molecule has 6 aromatic rings. The lowest BCUT2D eigenvalue weighted by Crippen LogP contribution is -2.26. The summed E-state index contributed by atoms with van der Waals surface area (Å²) in [4.78, 5) is 9.54. The molecule has 0 fully saturated rings. The number of hydrogen-bond acceptors (Lipinski definition) is 4. The van der Waals surface area contributed by atoms with E-state index >= 15 is 0 Å². The Morgan fingerprint density at radius 1 is 0.491 bits per heavy atom. The molecule has 0 bridgehead atoms. The maximum absolute atomic E-state index is 6.93. The topological polar surface area (TPSA) is 33.5 Å². The molecule has 0 saturated carbocycles. The van der Waals surface area contributed by atoms with Crippen LogP contribution < -0.4 is 14.5 Å². The van der Waals surface area contributed by atoms with Gasteiger partial charge in [-0.05, 0) is 98.5 Å². The number of para-hydroxylation sites is 1. The predicted molar refractivity (Wildman–Crippen MR) is 225 cm³/mol. The summed E-state index contributed by atoms with van der Waals surface area (Å²) in [5.41, 5.74) is 10.5. The van der Waals surface area contributed by atoms with Crippen molar-refractivity contribution in [2.24, 2.45) is 0 Å². The van der Waals surface area contributed by atoms with Gasteiger partial charge >= 0.3 is 0 Å². The molecular formula is C48H56N4O. The average Bonchev–Trinajstić information content (AvgIpc) is 3.70. The van der Waals surface area contributed by atoms with Crippen molar-refractivity contribution in [3.63, 3.8) is 0 Å². The lowest BCUT2D eigenvalue weighted by molar-refractivity contribution is 0.474. The first-order valence-corrected chi connectivity index (χ1v) is 19.0. The molecule has 0 atom stereocenters. The van der Waals surface area contributed by atoms with E-state index in [1.165, 1.54) is 33.3 Å². The van der Waals surface area contributed by atoms with Crippen LogP contribution >= 0.6 is 0 Å². The van der Waals surface area contributed by atoms with Gasteiger partial charge in [-0.25, -0.2) is 4.98 Å². The molecule has 0 amide bonds. The molecule has 1 aliphatic rings. The summed E-state index contributed by atoms with van der Waals surface area (Å²) >= 11 is 0. The van der Waals surface area contributed by atoms with Crippen molar-refractivity contribution in [3.05, 3.63) is 132 Å². The van der Waals surface area contributed by atoms with Gasteiger partial charge in [0.1, 0.15) is 17.1 Å². The molecule has 53 heavy (non-hydrogen) atoms. The monoisotopic (exact) mass is 704 g/mol. The lowest BCUT2D eigenvalue weighted by Gasteiger charge is -2.29. The standard InChI is InChI=1S/C48H56N4O/c1-45(2,3)32-22-33(46(4,5)6)24-36(23-32)50-20-21-51(31-50)37-25-34(47(7,8)9)27-39(29-37)53-40-28-35(48(10,11)12)26-38(30-40)52-43-18-14-13-16-41(43)42-17-15-19-49-44(42)52/h13-30H,31H2,1-12H3. The molecule has 274 valence electrons. The predicted octanol–water partition coefficient (Wildman–Crippen LogP) is 12.9. The number of fused-ring (bicyclic) bond motifs is 3. The quantitative estimate of drug-likeness (QED) is 0.179. The minimum absolute atomic E-state index is 0.0502. The minimum atomic E-state index is -0.0975. The van der Waals surface area contributed by atoms with Crippen LogP contribution in [0.4, 0.5) is 11.4 Å². The maximum atomic E-state index is 6.93. The van der Waals surface area contributed by atoms with Crippen LogP contribution in [0.5, 0.6) is 11.5 Å². The summed E-state index contributed by atoms with van der Waals surface area (Å²) in [7, 11) is 0. The van der Waals surface area contributed by atoms with E-state index in [0.29, 0.717) is 6.67 Å². The third-order valence-corrected chi connectivity index (χ3v) is 10.5. The Morgan fingerprint density at radius 2 is 0.943 bits per heavy atom. The van der Waals surface area contributed by atoms with E-state index in [4.69, 9.17) is 9.72 Å². The van der Waals surface area contributed by atoms with Crippen LogP contribution in [0.1, 0.15) is 105 Å². The van der Waals surface area contributed by atoms with Crippen molar-refractivity contribution in [2.75, 3.05) is 16.5 Å². The molecular weight excluding hydrogens is 649 g/mol. The Labute approximate surface area is 316 Å². The van der Waals surface area contributed by atoms with E-state index in [0.717, 1.165) is 39.4 Å². The van der Waals surface area contributed by atoms with Gasteiger partial charge < -0.3 is 14.5 Å². The van der Waals surface area contributed by atoms with E-state index in [2.05, 4.69) is 195 Å². The second-order valence-corrected chi connectivity index (χ2v) is 18.9.